The van der Waals surface area contributed by atoms with Crippen molar-refractivity contribution in [2.75, 3.05) is 0 Å². The zero-order chi connectivity index (χ0) is 20.2. The van der Waals surface area contributed by atoms with Gasteiger partial charge in [0.15, 0.2) is 0 Å². The van der Waals surface area contributed by atoms with Crippen LogP contribution < -0.4 is 5.56 Å². The second kappa shape index (κ2) is 8.10. The van der Waals surface area contributed by atoms with Gasteiger partial charge in [-0.1, -0.05) is 24.3 Å². The molecule has 0 saturated heterocycles. The summed E-state index contributed by atoms with van der Waals surface area (Å²) < 4.78 is 0. The third-order valence-corrected chi connectivity index (χ3v) is 6.02. The van der Waals surface area contributed by atoms with E-state index in [0.29, 0.717) is 27.7 Å². The van der Waals surface area contributed by atoms with Gasteiger partial charge in [-0.15, -0.1) is 33.3 Å². The van der Waals surface area contributed by atoms with E-state index in [1.807, 2.05) is 35.7 Å². The lowest BCUT2D eigenvalue weighted by Crippen LogP contribution is -2.09. The van der Waals surface area contributed by atoms with E-state index < -0.39 is 5.56 Å². The second-order valence-electron chi connectivity index (χ2n) is 5.81. The minimum atomic E-state index is -0.495. The SMILES string of the molecule is [C-]#[N+]c1c(-c2cccs2)c(C#N)c(SCc2cccc(-c3nn[nH]n3)c2)[nH]c1=O. The van der Waals surface area contributed by atoms with E-state index >= 15 is 0 Å². The predicted octanol–water partition coefficient (Wildman–Crippen LogP) is 4.00. The van der Waals surface area contributed by atoms with Gasteiger partial charge in [-0.05, 0) is 28.3 Å². The number of H-pyrrole nitrogens is 2. The van der Waals surface area contributed by atoms with Crippen molar-refractivity contribution in [1.29, 1.82) is 5.26 Å². The van der Waals surface area contributed by atoms with E-state index in [1.165, 1.54) is 23.1 Å². The van der Waals surface area contributed by atoms with E-state index in [4.69, 9.17) is 6.57 Å². The molecule has 0 aliphatic heterocycles. The van der Waals surface area contributed by atoms with Crippen molar-refractivity contribution >= 4 is 28.8 Å². The molecule has 2 N–H and O–H groups in total. The van der Waals surface area contributed by atoms with Crippen LogP contribution in [0.15, 0.2) is 51.6 Å². The summed E-state index contributed by atoms with van der Waals surface area (Å²) in [6, 6.07) is 13.4. The van der Waals surface area contributed by atoms with Crippen LogP contribution in [0.2, 0.25) is 0 Å². The van der Waals surface area contributed by atoms with Gasteiger partial charge in [-0.25, -0.2) is 4.85 Å². The maximum absolute atomic E-state index is 12.5. The number of pyridine rings is 1. The quantitative estimate of drug-likeness (QED) is 0.375. The standard InChI is InChI=1S/C19H11N7OS2/c1-21-16-15(14-6-3-7-28-14)13(9-20)19(22-18(16)27)29-10-11-4-2-5-12(8-11)17-23-25-26-24-17/h2-8H,10H2,(H,22,27)(H,23,24,25,26). The van der Waals surface area contributed by atoms with Crippen LogP contribution in [0.3, 0.4) is 0 Å². The molecule has 10 heteroatoms. The average Bonchev–Trinajstić information content (AvgIpc) is 3.46. The van der Waals surface area contributed by atoms with Gasteiger partial charge < -0.3 is 4.98 Å². The molecule has 3 heterocycles. The van der Waals surface area contributed by atoms with E-state index in [9.17, 15) is 10.1 Å². The van der Waals surface area contributed by atoms with Gasteiger partial charge in [-0.3, -0.25) is 4.79 Å². The number of rotatable bonds is 5. The third kappa shape index (κ3) is 3.67. The van der Waals surface area contributed by atoms with Gasteiger partial charge in [0.05, 0.1) is 17.2 Å². The van der Waals surface area contributed by atoms with Crippen LogP contribution in [-0.2, 0) is 5.75 Å². The van der Waals surface area contributed by atoms with Crippen LogP contribution in [0, 0.1) is 17.9 Å². The zero-order valence-corrected chi connectivity index (χ0v) is 16.3. The first kappa shape index (κ1) is 18.6. The molecule has 0 aliphatic carbocycles. The van der Waals surface area contributed by atoms with Gasteiger partial charge >= 0.3 is 0 Å². The fraction of sp³-hybridized carbons (Fsp3) is 0.0526. The number of aromatic amines is 2. The van der Waals surface area contributed by atoms with Crippen LogP contribution in [0.4, 0.5) is 5.69 Å². The minimum Gasteiger partial charge on any atom is -0.325 e. The topological polar surface area (TPSA) is 115 Å². The normalized spacial score (nSPS) is 10.4. The molecule has 1 aromatic carbocycles. The van der Waals surface area contributed by atoms with Crippen molar-refractivity contribution in [1.82, 2.24) is 25.6 Å². The number of nitriles is 1. The number of hydrogen-bond acceptors (Lipinski definition) is 7. The zero-order valence-electron chi connectivity index (χ0n) is 14.7. The second-order valence-corrected chi connectivity index (χ2v) is 7.74. The van der Waals surface area contributed by atoms with Crippen LogP contribution >= 0.6 is 23.1 Å². The maximum atomic E-state index is 12.5. The Bertz CT molecular complexity index is 1300. The summed E-state index contributed by atoms with van der Waals surface area (Å²) in [5.74, 6) is 1.00. The van der Waals surface area contributed by atoms with Crippen LogP contribution in [0.1, 0.15) is 11.1 Å². The van der Waals surface area contributed by atoms with Crippen molar-refractivity contribution in [2.45, 2.75) is 10.8 Å². The molecule has 3 aromatic heterocycles. The van der Waals surface area contributed by atoms with Gasteiger partial charge in [-0.2, -0.15) is 10.5 Å². The number of nitrogens with zero attached hydrogens (tertiary/aromatic N) is 5. The molecule has 29 heavy (non-hydrogen) atoms. The summed E-state index contributed by atoms with van der Waals surface area (Å²) >= 11 is 2.72. The summed E-state index contributed by atoms with van der Waals surface area (Å²) in [5.41, 5.74) is 1.92. The Hall–Kier alpha value is -3.73. The smallest absolute Gasteiger partial charge is 0.260 e. The Labute approximate surface area is 173 Å². The Morgan fingerprint density at radius 1 is 1.31 bits per heavy atom. The summed E-state index contributed by atoms with van der Waals surface area (Å²) in [6.45, 7) is 7.37. The molecule has 0 spiro atoms. The van der Waals surface area contributed by atoms with Gasteiger partial charge in [0, 0.05) is 21.8 Å². The highest BCUT2D eigenvalue weighted by Gasteiger charge is 2.20. The molecular weight excluding hydrogens is 406 g/mol. The van der Waals surface area contributed by atoms with Gasteiger partial charge in [0.25, 0.3) is 11.2 Å². The van der Waals surface area contributed by atoms with Crippen molar-refractivity contribution in [3.63, 3.8) is 0 Å². The number of hydrogen-bond donors (Lipinski definition) is 2. The van der Waals surface area contributed by atoms with Crippen molar-refractivity contribution in [3.05, 3.63) is 74.7 Å². The molecule has 0 saturated carbocycles. The molecule has 8 nitrogen and oxygen atoms in total. The molecular formula is C19H11N7OS2. The molecule has 0 aliphatic rings. The lowest BCUT2D eigenvalue weighted by Gasteiger charge is -2.10. The van der Waals surface area contributed by atoms with Crippen LogP contribution in [-0.4, -0.2) is 25.6 Å². The number of thioether (sulfide) groups is 1. The summed E-state index contributed by atoms with van der Waals surface area (Å²) in [5, 5.41) is 26.0. The molecule has 0 amide bonds. The van der Waals surface area contributed by atoms with E-state index in [2.05, 4.69) is 36.5 Å². The highest BCUT2D eigenvalue weighted by Crippen LogP contribution is 2.38. The highest BCUT2D eigenvalue weighted by atomic mass is 32.2. The van der Waals surface area contributed by atoms with Gasteiger partial charge in [0.2, 0.25) is 5.82 Å². The number of aromatic nitrogens is 5. The first-order valence-corrected chi connectivity index (χ1v) is 10.1. The molecule has 4 rings (SSSR count). The first-order valence-electron chi connectivity index (χ1n) is 8.28. The number of benzene rings is 1. The lowest BCUT2D eigenvalue weighted by molar-refractivity contribution is 0.881. The Balaban J connectivity index is 1.70. The molecule has 0 unspecified atom stereocenters. The third-order valence-electron chi connectivity index (χ3n) is 4.06. The number of nitrogens with one attached hydrogen (secondary N) is 2. The minimum absolute atomic E-state index is 0.0625. The lowest BCUT2D eigenvalue weighted by atomic mass is 10.1. The van der Waals surface area contributed by atoms with E-state index in [1.54, 1.807) is 6.07 Å². The molecule has 4 aromatic rings. The fourth-order valence-corrected chi connectivity index (χ4v) is 4.52. The number of tetrazole rings is 1. The summed E-state index contributed by atoms with van der Waals surface area (Å²) in [6.07, 6.45) is 0. The monoisotopic (exact) mass is 417 g/mol. The van der Waals surface area contributed by atoms with E-state index in [-0.39, 0.29) is 5.69 Å². The van der Waals surface area contributed by atoms with Crippen molar-refractivity contribution in [3.8, 4) is 27.9 Å². The van der Waals surface area contributed by atoms with Crippen molar-refractivity contribution in [2.24, 2.45) is 0 Å². The number of thiophene rings is 1. The fourth-order valence-electron chi connectivity index (χ4n) is 2.79. The Kier molecular flexibility index (Phi) is 5.20. The Morgan fingerprint density at radius 2 is 2.21 bits per heavy atom. The molecule has 0 bridgehead atoms. The molecule has 140 valence electrons. The predicted molar refractivity (Wildman–Crippen MR) is 111 cm³/mol. The molecule has 0 atom stereocenters. The average molecular weight is 417 g/mol. The highest BCUT2D eigenvalue weighted by molar-refractivity contribution is 7.98. The van der Waals surface area contributed by atoms with Crippen LogP contribution in [0.5, 0.6) is 0 Å². The maximum Gasteiger partial charge on any atom is 0.260 e. The van der Waals surface area contributed by atoms with Crippen molar-refractivity contribution < 1.29 is 0 Å². The van der Waals surface area contributed by atoms with Gasteiger partial charge in [0.1, 0.15) is 6.07 Å². The first-order chi connectivity index (χ1) is 14.2. The molecule has 0 fully saturated rings. The Morgan fingerprint density at radius 3 is 2.90 bits per heavy atom. The van der Waals surface area contributed by atoms with Crippen LogP contribution in [0.25, 0.3) is 26.7 Å². The summed E-state index contributed by atoms with van der Waals surface area (Å²) in [4.78, 5) is 19.2. The largest absolute Gasteiger partial charge is 0.325 e. The summed E-state index contributed by atoms with van der Waals surface area (Å²) in [7, 11) is 0. The van der Waals surface area contributed by atoms with E-state index in [0.717, 1.165) is 16.0 Å². The molecule has 0 radical (unpaired) electrons.